The van der Waals surface area contributed by atoms with E-state index in [1.165, 1.54) is 0 Å². The molecule has 3 aromatic rings. The molecule has 2 heterocycles. The monoisotopic (exact) mass is 357 g/mol. The molecule has 0 saturated carbocycles. The molecular formula is C13H10ClF2N5OS. The minimum atomic E-state index is -3.70. The van der Waals surface area contributed by atoms with E-state index in [1.54, 1.807) is 36.3 Å². The Morgan fingerprint density at radius 1 is 1.39 bits per heavy atom. The van der Waals surface area contributed by atoms with Crippen molar-refractivity contribution in [2.45, 2.75) is 10.6 Å². The third-order valence-electron chi connectivity index (χ3n) is 2.99. The number of hydrogen-bond donors (Lipinski definition) is 1. The van der Waals surface area contributed by atoms with E-state index >= 15 is 0 Å². The minimum Gasteiger partial charge on any atom is -0.331 e. The number of benzene rings is 1. The maximum atomic E-state index is 13.0. The largest absolute Gasteiger partial charge is 0.400 e. The average molecular weight is 358 g/mol. The van der Waals surface area contributed by atoms with Crippen LogP contribution >= 0.6 is 24.2 Å². The highest BCUT2D eigenvalue weighted by Gasteiger charge is 2.35. The van der Waals surface area contributed by atoms with Crippen molar-refractivity contribution in [1.29, 1.82) is 0 Å². The van der Waals surface area contributed by atoms with Crippen LogP contribution in [0.5, 0.6) is 0 Å². The molecule has 23 heavy (non-hydrogen) atoms. The molecule has 0 amide bonds. The van der Waals surface area contributed by atoms with Gasteiger partial charge >= 0.3 is 11.3 Å². The van der Waals surface area contributed by atoms with E-state index < -0.39 is 11.3 Å². The van der Waals surface area contributed by atoms with Crippen molar-refractivity contribution in [3.63, 3.8) is 0 Å². The minimum absolute atomic E-state index is 0.0108. The summed E-state index contributed by atoms with van der Waals surface area (Å²) in [6, 6.07) is 6.91. The number of aromatic nitrogens is 5. The standard InChI is InChI=1S/C13H10ClF2N5OS/c1-21-6-17-11(19-21)9(23)7-3-2-4-8(5-7)10-18-12(22-20-10)13(14,15)16/h2-6,9,23H,1H3. The summed E-state index contributed by atoms with van der Waals surface area (Å²) >= 11 is 9.35. The molecule has 3 rings (SSSR count). The van der Waals surface area contributed by atoms with E-state index in [0.29, 0.717) is 11.4 Å². The molecule has 0 bridgehead atoms. The number of thiol groups is 1. The summed E-state index contributed by atoms with van der Waals surface area (Å²) in [5.74, 6) is -0.417. The zero-order valence-corrected chi connectivity index (χ0v) is 13.3. The van der Waals surface area contributed by atoms with Gasteiger partial charge in [0.05, 0.1) is 5.25 Å². The predicted molar refractivity (Wildman–Crippen MR) is 81.3 cm³/mol. The first-order valence-corrected chi connectivity index (χ1v) is 7.29. The number of rotatable bonds is 4. The molecular weight excluding hydrogens is 348 g/mol. The Labute approximate surface area is 139 Å². The zero-order chi connectivity index (χ0) is 16.6. The first-order valence-electron chi connectivity index (χ1n) is 6.39. The highest BCUT2D eigenvalue weighted by atomic mass is 35.5. The first kappa shape index (κ1) is 15.9. The zero-order valence-electron chi connectivity index (χ0n) is 11.7. The molecule has 0 N–H and O–H groups in total. The smallest absolute Gasteiger partial charge is 0.331 e. The van der Waals surface area contributed by atoms with Crippen LogP contribution in [0.3, 0.4) is 0 Å². The molecule has 0 fully saturated rings. The first-order chi connectivity index (χ1) is 10.8. The molecule has 0 saturated heterocycles. The van der Waals surface area contributed by atoms with Gasteiger partial charge in [-0.25, -0.2) is 4.98 Å². The maximum Gasteiger partial charge on any atom is 0.400 e. The molecule has 1 atom stereocenters. The summed E-state index contributed by atoms with van der Waals surface area (Å²) in [5, 5.41) is 3.63. The highest BCUT2D eigenvalue weighted by molar-refractivity contribution is 7.80. The molecule has 1 unspecified atom stereocenters. The Balaban J connectivity index is 1.92. The van der Waals surface area contributed by atoms with Gasteiger partial charge in [0.2, 0.25) is 5.82 Å². The molecule has 10 heteroatoms. The molecule has 6 nitrogen and oxygen atoms in total. The summed E-state index contributed by atoms with van der Waals surface area (Å²) in [6.45, 7) is 0. The van der Waals surface area contributed by atoms with Crippen LogP contribution in [-0.2, 0) is 12.4 Å². The summed E-state index contributed by atoms with van der Waals surface area (Å²) in [7, 11) is 1.75. The van der Waals surface area contributed by atoms with Crippen LogP contribution < -0.4 is 0 Å². The summed E-state index contributed by atoms with van der Waals surface area (Å²) < 4.78 is 32.0. The van der Waals surface area contributed by atoms with Gasteiger partial charge in [-0.15, -0.1) is 0 Å². The normalized spacial score (nSPS) is 13.3. The molecule has 0 spiro atoms. The lowest BCUT2D eigenvalue weighted by Crippen LogP contribution is -2.03. The van der Waals surface area contributed by atoms with Crippen molar-refractivity contribution in [2.75, 3.05) is 0 Å². The Bertz CT molecular complexity index is 832. The van der Waals surface area contributed by atoms with Gasteiger partial charge in [0.1, 0.15) is 6.33 Å². The number of aryl methyl sites for hydroxylation is 1. The van der Waals surface area contributed by atoms with Crippen molar-refractivity contribution in [3.05, 3.63) is 47.9 Å². The van der Waals surface area contributed by atoms with Gasteiger partial charge in [-0.2, -0.15) is 31.5 Å². The molecule has 2 aromatic heterocycles. The van der Waals surface area contributed by atoms with Crippen molar-refractivity contribution >= 4 is 24.2 Å². The lowest BCUT2D eigenvalue weighted by Gasteiger charge is -2.08. The topological polar surface area (TPSA) is 69.6 Å². The molecule has 0 aliphatic carbocycles. The molecule has 0 aliphatic rings. The maximum absolute atomic E-state index is 13.0. The Hall–Kier alpha value is -2.00. The van der Waals surface area contributed by atoms with Gasteiger partial charge in [0, 0.05) is 12.6 Å². The van der Waals surface area contributed by atoms with E-state index in [4.69, 9.17) is 11.6 Å². The summed E-state index contributed by atoms with van der Waals surface area (Å²) in [5.41, 5.74) is 1.26. The fraction of sp³-hybridized carbons (Fsp3) is 0.231. The van der Waals surface area contributed by atoms with Crippen LogP contribution in [0, 0.1) is 0 Å². The van der Waals surface area contributed by atoms with Crippen LogP contribution in [0.15, 0.2) is 35.1 Å². The number of nitrogens with zero attached hydrogens (tertiary/aromatic N) is 5. The SMILES string of the molecule is Cn1cnc(C(S)c2cccc(-c3noc(C(F)(F)Cl)n3)c2)n1. The van der Waals surface area contributed by atoms with E-state index in [0.717, 1.165) is 5.56 Å². The van der Waals surface area contributed by atoms with Gasteiger partial charge in [-0.3, -0.25) is 4.68 Å². The Kier molecular flexibility index (Phi) is 4.07. The number of halogens is 3. The van der Waals surface area contributed by atoms with Gasteiger partial charge in [-0.05, 0) is 23.2 Å². The van der Waals surface area contributed by atoms with Gasteiger partial charge in [-0.1, -0.05) is 23.4 Å². The second kappa shape index (κ2) is 5.89. The lowest BCUT2D eigenvalue weighted by molar-refractivity contribution is 0.0551. The lowest BCUT2D eigenvalue weighted by atomic mass is 10.1. The fourth-order valence-electron chi connectivity index (χ4n) is 1.93. The Morgan fingerprint density at radius 3 is 2.78 bits per heavy atom. The second-order valence-corrected chi connectivity index (χ2v) is 5.72. The second-order valence-electron chi connectivity index (χ2n) is 4.73. The van der Waals surface area contributed by atoms with Crippen molar-refractivity contribution < 1.29 is 13.3 Å². The van der Waals surface area contributed by atoms with Crippen LogP contribution in [-0.4, -0.2) is 24.9 Å². The van der Waals surface area contributed by atoms with Crippen LogP contribution in [0.1, 0.15) is 22.5 Å². The molecule has 120 valence electrons. The van der Waals surface area contributed by atoms with E-state index in [-0.39, 0.29) is 11.1 Å². The third-order valence-corrected chi connectivity index (χ3v) is 3.68. The quantitative estimate of drug-likeness (QED) is 0.573. The van der Waals surface area contributed by atoms with E-state index in [9.17, 15) is 8.78 Å². The van der Waals surface area contributed by atoms with Crippen LogP contribution in [0.4, 0.5) is 8.78 Å². The summed E-state index contributed by atoms with van der Waals surface area (Å²) in [6.07, 6.45) is 1.57. The van der Waals surface area contributed by atoms with Gasteiger partial charge < -0.3 is 4.52 Å². The van der Waals surface area contributed by atoms with E-state index in [1.807, 2.05) is 6.07 Å². The van der Waals surface area contributed by atoms with Crippen molar-refractivity contribution in [2.24, 2.45) is 7.05 Å². The summed E-state index contributed by atoms with van der Waals surface area (Å²) in [4.78, 5) is 7.75. The number of hydrogen-bond acceptors (Lipinski definition) is 6. The average Bonchev–Trinajstić information content (AvgIpc) is 3.15. The molecule has 1 aromatic carbocycles. The van der Waals surface area contributed by atoms with Crippen LogP contribution in [0.25, 0.3) is 11.4 Å². The highest BCUT2D eigenvalue weighted by Crippen LogP contribution is 2.33. The fourth-order valence-corrected chi connectivity index (χ4v) is 2.29. The van der Waals surface area contributed by atoms with Gasteiger partial charge in [0.25, 0.3) is 0 Å². The Morgan fingerprint density at radius 2 is 2.17 bits per heavy atom. The van der Waals surface area contributed by atoms with Crippen molar-refractivity contribution in [1.82, 2.24) is 24.9 Å². The number of alkyl halides is 3. The predicted octanol–water partition coefficient (Wildman–Crippen LogP) is 3.17. The molecule has 0 aliphatic heterocycles. The van der Waals surface area contributed by atoms with E-state index in [2.05, 4.69) is 37.4 Å². The van der Waals surface area contributed by atoms with Crippen molar-refractivity contribution in [3.8, 4) is 11.4 Å². The van der Waals surface area contributed by atoms with Crippen LogP contribution in [0.2, 0.25) is 0 Å². The molecule has 0 radical (unpaired) electrons. The third kappa shape index (κ3) is 3.35. The van der Waals surface area contributed by atoms with Gasteiger partial charge in [0.15, 0.2) is 5.82 Å².